The fourth-order valence-corrected chi connectivity index (χ4v) is 2.82. The van der Waals surface area contributed by atoms with Crippen LogP contribution < -0.4 is 0 Å². The highest BCUT2D eigenvalue weighted by Crippen LogP contribution is 2.38. The number of alkyl halides is 1. The van der Waals surface area contributed by atoms with Crippen molar-refractivity contribution in [1.29, 1.82) is 0 Å². The minimum absolute atomic E-state index is 0.784. The van der Waals surface area contributed by atoms with Gasteiger partial charge in [-0.3, -0.25) is 4.68 Å². The van der Waals surface area contributed by atoms with Gasteiger partial charge < -0.3 is 0 Å². The predicted octanol–water partition coefficient (Wildman–Crippen LogP) is 3.31. The minimum Gasteiger partial charge on any atom is -0.276 e. The summed E-state index contributed by atoms with van der Waals surface area (Å²) in [6.45, 7) is 0. The zero-order valence-electron chi connectivity index (χ0n) is 9.32. The molecule has 0 spiro atoms. The van der Waals surface area contributed by atoms with Crippen LogP contribution in [0.3, 0.4) is 0 Å². The summed E-state index contributed by atoms with van der Waals surface area (Å²) in [4.78, 5) is 0.784. The third-order valence-electron chi connectivity index (χ3n) is 3.09. The van der Waals surface area contributed by atoms with Crippen LogP contribution in [-0.2, 0) is 13.5 Å². The molecule has 3 heteroatoms. The zero-order chi connectivity index (χ0) is 10.7. The van der Waals surface area contributed by atoms with Crippen molar-refractivity contribution in [3.05, 3.63) is 18.0 Å². The molecule has 1 heterocycles. The molecule has 1 saturated carbocycles. The molecular weight excluding hydrogens is 252 g/mol. The Balaban J connectivity index is 1.58. The van der Waals surface area contributed by atoms with Crippen LogP contribution in [0.2, 0.25) is 0 Å². The van der Waals surface area contributed by atoms with E-state index < -0.39 is 0 Å². The Morgan fingerprint density at radius 2 is 2.33 bits per heavy atom. The highest BCUT2D eigenvalue weighted by Gasteiger charge is 2.28. The molecule has 1 aliphatic carbocycles. The number of aryl methyl sites for hydroxylation is 2. The molecule has 1 fully saturated rings. The number of hydrogen-bond acceptors (Lipinski definition) is 1. The van der Waals surface area contributed by atoms with Gasteiger partial charge in [-0.1, -0.05) is 22.4 Å². The smallest absolute Gasteiger partial charge is 0.0521 e. The van der Waals surface area contributed by atoms with Crippen LogP contribution >= 0.6 is 15.9 Å². The third-order valence-corrected chi connectivity index (χ3v) is 4.29. The van der Waals surface area contributed by atoms with Gasteiger partial charge in [-0.05, 0) is 43.6 Å². The van der Waals surface area contributed by atoms with E-state index in [4.69, 9.17) is 0 Å². The average Bonchev–Trinajstić information content (AvgIpc) is 2.98. The van der Waals surface area contributed by atoms with Crippen LogP contribution in [0.25, 0.3) is 0 Å². The van der Waals surface area contributed by atoms with Crippen molar-refractivity contribution >= 4 is 15.9 Å². The lowest BCUT2D eigenvalue weighted by molar-refractivity contribution is 0.623. The first kappa shape index (κ1) is 11.2. The molecule has 1 aromatic heterocycles. The fourth-order valence-electron chi connectivity index (χ4n) is 1.96. The van der Waals surface area contributed by atoms with E-state index in [0.29, 0.717) is 0 Å². The average molecular weight is 271 g/mol. The van der Waals surface area contributed by atoms with Gasteiger partial charge in [-0.25, -0.2) is 0 Å². The Morgan fingerprint density at radius 1 is 1.53 bits per heavy atom. The lowest BCUT2D eigenvalue weighted by atomic mass is 10.1. The van der Waals surface area contributed by atoms with Gasteiger partial charge in [0.1, 0.15) is 0 Å². The van der Waals surface area contributed by atoms with Crippen molar-refractivity contribution in [2.24, 2.45) is 13.0 Å². The molecular formula is C12H19BrN2. The Bertz CT molecular complexity index is 304. The SMILES string of the molecule is Cn1cc(CCCCC(Br)C2CC2)cn1. The van der Waals surface area contributed by atoms with Gasteiger partial charge in [0.25, 0.3) is 0 Å². The summed E-state index contributed by atoms with van der Waals surface area (Å²) in [5, 5.41) is 4.18. The molecule has 0 N–H and O–H groups in total. The van der Waals surface area contributed by atoms with Crippen LogP contribution in [0.4, 0.5) is 0 Å². The van der Waals surface area contributed by atoms with Gasteiger partial charge in [-0.15, -0.1) is 0 Å². The largest absolute Gasteiger partial charge is 0.276 e. The second-order valence-corrected chi connectivity index (χ2v) is 5.80. The van der Waals surface area contributed by atoms with E-state index in [0.717, 1.165) is 10.7 Å². The summed E-state index contributed by atoms with van der Waals surface area (Å²) in [7, 11) is 1.98. The fraction of sp³-hybridized carbons (Fsp3) is 0.750. The maximum Gasteiger partial charge on any atom is 0.0521 e. The summed E-state index contributed by atoms with van der Waals surface area (Å²) in [6.07, 6.45) is 12.1. The van der Waals surface area contributed by atoms with E-state index in [1.54, 1.807) is 0 Å². The van der Waals surface area contributed by atoms with E-state index in [-0.39, 0.29) is 0 Å². The Morgan fingerprint density at radius 3 is 2.93 bits per heavy atom. The first-order valence-corrected chi connectivity index (χ1v) is 6.79. The molecule has 0 aromatic carbocycles. The molecule has 0 saturated heterocycles. The zero-order valence-corrected chi connectivity index (χ0v) is 10.9. The van der Waals surface area contributed by atoms with Crippen LogP contribution in [-0.4, -0.2) is 14.6 Å². The standard InChI is InChI=1S/C12H19BrN2/c1-15-9-10(8-14-15)4-2-3-5-12(13)11-6-7-11/h8-9,11-12H,2-7H2,1H3. The number of halogens is 1. The predicted molar refractivity (Wildman–Crippen MR) is 66.2 cm³/mol. The second kappa shape index (κ2) is 5.15. The minimum atomic E-state index is 0.784. The first-order valence-electron chi connectivity index (χ1n) is 5.87. The molecule has 2 nitrogen and oxygen atoms in total. The van der Waals surface area contributed by atoms with Crippen molar-refractivity contribution in [2.75, 3.05) is 0 Å². The summed E-state index contributed by atoms with van der Waals surface area (Å²) in [5.41, 5.74) is 1.37. The van der Waals surface area contributed by atoms with Crippen LogP contribution in [0.5, 0.6) is 0 Å². The summed E-state index contributed by atoms with van der Waals surface area (Å²) < 4.78 is 1.88. The van der Waals surface area contributed by atoms with Gasteiger partial charge in [0.05, 0.1) is 6.20 Å². The normalized spacial score (nSPS) is 18.0. The number of aromatic nitrogens is 2. The van der Waals surface area contributed by atoms with Crippen molar-refractivity contribution < 1.29 is 0 Å². The maximum absolute atomic E-state index is 4.18. The third kappa shape index (κ3) is 3.63. The topological polar surface area (TPSA) is 17.8 Å². The van der Waals surface area contributed by atoms with Gasteiger partial charge in [0.15, 0.2) is 0 Å². The molecule has 1 aliphatic rings. The van der Waals surface area contributed by atoms with E-state index in [2.05, 4.69) is 27.2 Å². The molecule has 0 amide bonds. The van der Waals surface area contributed by atoms with Crippen molar-refractivity contribution in [3.63, 3.8) is 0 Å². The number of hydrogen-bond donors (Lipinski definition) is 0. The Labute approximate surface area is 100 Å². The maximum atomic E-state index is 4.18. The van der Waals surface area contributed by atoms with Gasteiger partial charge in [-0.2, -0.15) is 5.10 Å². The van der Waals surface area contributed by atoms with E-state index >= 15 is 0 Å². The molecule has 84 valence electrons. The van der Waals surface area contributed by atoms with E-state index in [9.17, 15) is 0 Å². The summed E-state index contributed by atoms with van der Waals surface area (Å²) in [6, 6.07) is 0. The molecule has 1 atom stereocenters. The van der Waals surface area contributed by atoms with Crippen LogP contribution in [0, 0.1) is 5.92 Å². The van der Waals surface area contributed by atoms with Crippen molar-refractivity contribution in [1.82, 2.24) is 9.78 Å². The van der Waals surface area contributed by atoms with Crippen molar-refractivity contribution in [2.45, 2.75) is 43.4 Å². The molecule has 2 rings (SSSR count). The lowest BCUT2D eigenvalue weighted by Crippen LogP contribution is -2.00. The highest BCUT2D eigenvalue weighted by atomic mass is 79.9. The monoisotopic (exact) mass is 270 g/mol. The van der Waals surface area contributed by atoms with Gasteiger partial charge in [0, 0.05) is 18.1 Å². The highest BCUT2D eigenvalue weighted by molar-refractivity contribution is 9.09. The lowest BCUT2D eigenvalue weighted by Gasteiger charge is -2.06. The number of unbranched alkanes of at least 4 members (excludes halogenated alkanes) is 1. The van der Waals surface area contributed by atoms with E-state index in [1.807, 2.05) is 17.9 Å². The van der Waals surface area contributed by atoms with Gasteiger partial charge in [0.2, 0.25) is 0 Å². The number of nitrogens with zero attached hydrogens (tertiary/aromatic N) is 2. The van der Waals surface area contributed by atoms with Crippen LogP contribution in [0.15, 0.2) is 12.4 Å². The molecule has 0 bridgehead atoms. The molecule has 0 radical (unpaired) electrons. The van der Waals surface area contributed by atoms with Crippen molar-refractivity contribution in [3.8, 4) is 0 Å². The quantitative estimate of drug-likeness (QED) is 0.573. The van der Waals surface area contributed by atoms with E-state index in [1.165, 1.54) is 44.1 Å². The molecule has 1 unspecified atom stereocenters. The second-order valence-electron chi connectivity index (χ2n) is 4.62. The molecule has 15 heavy (non-hydrogen) atoms. The Hall–Kier alpha value is -0.310. The summed E-state index contributed by atoms with van der Waals surface area (Å²) >= 11 is 3.78. The summed E-state index contributed by atoms with van der Waals surface area (Å²) in [5.74, 6) is 0.989. The molecule has 1 aromatic rings. The number of rotatable bonds is 6. The Kier molecular flexibility index (Phi) is 3.84. The molecule has 0 aliphatic heterocycles. The van der Waals surface area contributed by atoms with Gasteiger partial charge >= 0.3 is 0 Å². The first-order chi connectivity index (χ1) is 7.25. The van der Waals surface area contributed by atoms with Crippen LogP contribution in [0.1, 0.15) is 37.7 Å².